The van der Waals surface area contributed by atoms with Gasteiger partial charge in [-0.25, -0.2) is 9.97 Å². The number of rotatable bonds is 7. The van der Waals surface area contributed by atoms with Gasteiger partial charge in [0.1, 0.15) is 6.33 Å². The Morgan fingerprint density at radius 1 is 1.47 bits per heavy atom. The van der Waals surface area contributed by atoms with E-state index in [0.717, 1.165) is 24.6 Å². The van der Waals surface area contributed by atoms with Crippen LogP contribution >= 0.6 is 0 Å². The van der Waals surface area contributed by atoms with Crippen LogP contribution in [0.2, 0.25) is 0 Å². The number of nitrogens with one attached hydrogen (secondary N) is 1. The molecule has 0 bridgehead atoms. The maximum atomic E-state index is 5.15. The second-order valence-electron chi connectivity index (χ2n) is 4.67. The normalized spacial score (nSPS) is 16.8. The zero-order valence-corrected chi connectivity index (χ0v) is 10.6. The Morgan fingerprint density at radius 2 is 2.29 bits per heavy atom. The lowest BCUT2D eigenvalue weighted by atomic mass is 10.1. The van der Waals surface area contributed by atoms with Crippen LogP contribution in [-0.2, 0) is 0 Å². The Kier molecular flexibility index (Phi) is 4.31. The van der Waals surface area contributed by atoms with Crippen LogP contribution in [0.3, 0.4) is 0 Å². The Balaban J connectivity index is 2.05. The smallest absolute Gasteiger partial charge is 0.216 e. The first kappa shape index (κ1) is 12.3. The lowest BCUT2D eigenvalue weighted by Gasteiger charge is -2.17. The number of hydrogen-bond acceptors (Lipinski definition) is 4. The molecule has 2 rings (SSSR count). The van der Waals surface area contributed by atoms with Gasteiger partial charge in [0, 0.05) is 6.07 Å². The molecular weight excluding hydrogens is 214 g/mol. The molecule has 1 aromatic rings. The fraction of sp³-hybridized carbons (Fsp3) is 0.692. The Morgan fingerprint density at radius 3 is 2.94 bits per heavy atom. The molecule has 94 valence electrons. The van der Waals surface area contributed by atoms with E-state index in [0.29, 0.717) is 11.9 Å². The predicted octanol–water partition coefficient (Wildman–Crippen LogP) is 2.33. The molecule has 1 aliphatic carbocycles. The molecule has 0 radical (unpaired) electrons. The summed E-state index contributed by atoms with van der Waals surface area (Å²) in [5.41, 5.74) is 1.05. The van der Waals surface area contributed by atoms with Crippen molar-refractivity contribution in [1.29, 1.82) is 0 Å². The highest BCUT2D eigenvalue weighted by Crippen LogP contribution is 2.37. The molecule has 4 heteroatoms. The van der Waals surface area contributed by atoms with Gasteiger partial charge in [-0.2, -0.15) is 0 Å². The summed E-state index contributed by atoms with van der Waals surface area (Å²) in [5, 5.41) is 3.56. The molecule has 0 amide bonds. The van der Waals surface area contributed by atoms with Crippen LogP contribution in [0.4, 0.5) is 0 Å². The Labute approximate surface area is 103 Å². The van der Waals surface area contributed by atoms with Gasteiger partial charge in [-0.05, 0) is 25.3 Å². The lowest BCUT2D eigenvalue weighted by Crippen LogP contribution is -2.23. The van der Waals surface area contributed by atoms with Crippen LogP contribution in [0.15, 0.2) is 12.4 Å². The fourth-order valence-electron chi connectivity index (χ4n) is 1.97. The summed E-state index contributed by atoms with van der Waals surface area (Å²) in [5.74, 6) is 1.53. The van der Waals surface area contributed by atoms with E-state index < -0.39 is 0 Å². The minimum atomic E-state index is 0.347. The number of methoxy groups -OCH3 is 1. The van der Waals surface area contributed by atoms with Crippen molar-refractivity contribution in [3.05, 3.63) is 18.1 Å². The van der Waals surface area contributed by atoms with Gasteiger partial charge in [-0.3, -0.25) is 0 Å². The standard InChI is InChI=1S/C13H21N3O/c1-3-6-14-11(7-10-4-5-10)12-8-13(17-2)16-9-15-12/h8-11,14H,3-7H2,1-2H3. The van der Waals surface area contributed by atoms with Crippen molar-refractivity contribution in [2.75, 3.05) is 13.7 Å². The lowest BCUT2D eigenvalue weighted by molar-refractivity contribution is 0.391. The molecule has 1 saturated carbocycles. The van der Waals surface area contributed by atoms with Gasteiger partial charge in [-0.15, -0.1) is 0 Å². The molecule has 4 nitrogen and oxygen atoms in total. The van der Waals surface area contributed by atoms with Gasteiger partial charge in [0.15, 0.2) is 0 Å². The van der Waals surface area contributed by atoms with E-state index >= 15 is 0 Å². The van der Waals surface area contributed by atoms with Crippen molar-refractivity contribution in [1.82, 2.24) is 15.3 Å². The monoisotopic (exact) mass is 235 g/mol. The van der Waals surface area contributed by atoms with Crippen molar-refractivity contribution >= 4 is 0 Å². The van der Waals surface area contributed by atoms with Crippen molar-refractivity contribution in [2.45, 2.75) is 38.6 Å². The van der Waals surface area contributed by atoms with E-state index in [1.807, 2.05) is 6.07 Å². The van der Waals surface area contributed by atoms with Gasteiger partial charge < -0.3 is 10.1 Å². The number of ether oxygens (including phenoxy) is 1. The zero-order valence-electron chi connectivity index (χ0n) is 10.6. The molecule has 1 heterocycles. The molecule has 17 heavy (non-hydrogen) atoms. The van der Waals surface area contributed by atoms with Crippen LogP contribution < -0.4 is 10.1 Å². The van der Waals surface area contributed by atoms with E-state index in [1.165, 1.54) is 19.3 Å². The van der Waals surface area contributed by atoms with Crippen LogP contribution in [0.25, 0.3) is 0 Å². The molecule has 1 N–H and O–H groups in total. The van der Waals surface area contributed by atoms with E-state index in [-0.39, 0.29) is 0 Å². The molecule has 0 spiro atoms. The average molecular weight is 235 g/mol. The fourth-order valence-corrected chi connectivity index (χ4v) is 1.97. The van der Waals surface area contributed by atoms with Gasteiger partial charge in [0.05, 0.1) is 18.8 Å². The highest BCUT2D eigenvalue weighted by atomic mass is 16.5. The maximum absolute atomic E-state index is 5.15. The first-order chi connectivity index (χ1) is 8.33. The number of hydrogen-bond donors (Lipinski definition) is 1. The first-order valence-corrected chi connectivity index (χ1v) is 6.42. The summed E-state index contributed by atoms with van der Waals surface area (Å²) in [7, 11) is 1.64. The molecule has 0 aliphatic heterocycles. The van der Waals surface area contributed by atoms with Crippen LogP contribution in [0, 0.1) is 5.92 Å². The van der Waals surface area contributed by atoms with E-state index in [2.05, 4.69) is 22.2 Å². The Bertz CT molecular complexity index is 352. The van der Waals surface area contributed by atoms with Crippen LogP contribution in [-0.4, -0.2) is 23.6 Å². The molecule has 0 aromatic carbocycles. The zero-order chi connectivity index (χ0) is 12.1. The first-order valence-electron chi connectivity index (χ1n) is 6.42. The third kappa shape index (κ3) is 3.66. The molecule has 1 aliphatic rings. The van der Waals surface area contributed by atoms with Crippen molar-refractivity contribution < 1.29 is 4.74 Å². The third-order valence-corrected chi connectivity index (χ3v) is 3.14. The molecule has 1 unspecified atom stereocenters. The summed E-state index contributed by atoms with van der Waals surface area (Å²) < 4.78 is 5.15. The quantitative estimate of drug-likeness (QED) is 0.788. The van der Waals surface area contributed by atoms with Crippen molar-refractivity contribution in [3.63, 3.8) is 0 Å². The average Bonchev–Trinajstić information content (AvgIpc) is 3.18. The number of nitrogens with zero attached hydrogens (tertiary/aromatic N) is 2. The molecule has 0 saturated heterocycles. The summed E-state index contributed by atoms with van der Waals surface area (Å²) in [4.78, 5) is 8.42. The number of aromatic nitrogens is 2. The second-order valence-corrected chi connectivity index (χ2v) is 4.67. The van der Waals surface area contributed by atoms with Gasteiger partial charge in [-0.1, -0.05) is 19.8 Å². The largest absolute Gasteiger partial charge is 0.481 e. The second kappa shape index (κ2) is 5.96. The SMILES string of the molecule is CCCNC(CC1CC1)c1cc(OC)ncn1. The topological polar surface area (TPSA) is 47.0 Å². The minimum Gasteiger partial charge on any atom is -0.481 e. The summed E-state index contributed by atoms with van der Waals surface area (Å²) >= 11 is 0. The summed E-state index contributed by atoms with van der Waals surface area (Å²) in [6.07, 6.45) is 6.64. The van der Waals surface area contributed by atoms with Crippen LogP contribution in [0.5, 0.6) is 5.88 Å². The van der Waals surface area contributed by atoms with E-state index in [1.54, 1.807) is 13.4 Å². The van der Waals surface area contributed by atoms with Crippen molar-refractivity contribution in [3.8, 4) is 5.88 Å². The predicted molar refractivity (Wildman–Crippen MR) is 67.0 cm³/mol. The van der Waals surface area contributed by atoms with Gasteiger partial charge in [0.25, 0.3) is 0 Å². The minimum absolute atomic E-state index is 0.347. The van der Waals surface area contributed by atoms with Crippen molar-refractivity contribution in [2.24, 2.45) is 5.92 Å². The van der Waals surface area contributed by atoms with E-state index in [9.17, 15) is 0 Å². The van der Waals surface area contributed by atoms with Crippen LogP contribution in [0.1, 0.15) is 44.3 Å². The van der Waals surface area contributed by atoms with E-state index in [4.69, 9.17) is 4.74 Å². The highest BCUT2D eigenvalue weighted by Gasteiger charge is 2.26. The molecular formula is C13H21N3O. The molecule has 1 aromatic heterocycles. The molecule has 1 atom stereocenters. The summed E-state index contributed by atoms with van der Waals surface area (Å²) in [6, 6.07) is 2.29. The van der Waals surface area contributed by atoms with Gasteiger partial charge in [0.2, 0.25) is 5.88 Å². The third-order valence-electron chi connectivity index (χ3n) is 3.14. The Hall–Kier alpha value is -1.16. The van der Waals surface area contributed by atoms with Gasteiger partial charge >= 0.3 is 0 Å². The summed E-state index contributed by atoms with van der Waals surface area (Å²) in [6.45, 7) is 3.21. The maximum Gasteiger partial charge on any atom is 0.216 e. The highest BCUT2D eigenvalue weighted by molar-refractivity contribution is 5.17. The molecule has 1 fully saturated rings.